The molecule has 1 N–H and O–H groups in total. The molecular weight excluding hydrogens is 444 g/mol. The SMILES string of the molecule is CCCOc1ccc2c(c1)C(c1ccccc1OCCC)C(C(=O)O)C2c1ccc2c(c1)OCO2. The molecule has 6 nitrogen and oxygen atoms in total. The molecule has 3 aromatic rings. The number of carboxylic acid groups (broad SMARTS) is 1. The van der Waals surface area contributed by atoms with Crippen LogP contribution in [-0.2, 0) is 4.79 Å². The lowest BCUT2D eigenvalue weighted by Gasteiger charge is -2.24. The number of carboxylic acids is 1. The van der Waals surface area contributed by atoms with Gasteiger partial charge in [0, 0.05) is 17.4 Å². The Labute approximate surface area is 205 Å². The number of para-hydroxylation sites is 1. The summed E-state index contributed by atoms with van der Waals surface area (Å²) in [6.07, 6.45) is 1.76. The third kappa shape index (κ3) is 4.29. The second-order valence-electron chi connectivity index (χ2n) is 8.96. The molecule has 0 saturated carbocycles. The molecule has 1 aliphatic carbocycles. The number of hydrogen-bond donors (Lipinski definition) is 1. The number of rotatable bonds is 9. The average molecular weight is 475 g/mol. The van der Waals surface area contributed by atoms with E-state index in [-0.39, 0.29) is 12.7 Å². The van der Waals surface area contributed by atoms with Crippen molar-refractivity contribution in [2.75, 3.05) is 20.0 Å². The molecule has 182 valence electrons. The first-order valence-electron chi connectivity index (χ1n) is 12.2. The van der Waals surface area contributed by atoms with E-state index in [9.17, 15) is 9.90 Å². The van der Waals surface area contributed by atoms with Crippen LogP contribution in [0.15, 0.2) is 60.7 Å². The molecule has 0 amide bonds. The largest absolute Gasteiger partial charge is 0.494 e. The van der Waals surface area contributed by atoms with Gasteiger partial charge in [-0.25, -0.2) is 0 Å². The molecule has 6 heteroatoms. The van der Waals surface area contributed by atoms with Crippen LogP contribution in [0, 0.1) is 5.92 Å². The zero-order valence-corrected chi connectivity index (χ0v) is 20.0. The highest BCUT2D eigenvalue weighted by Crippen LogP contribution is 2.55. The molecule has 3 atom stereocenters. The van der Waals surface area contributed by atoms with Gasteiger partial charge in [0.05, 0.1) is 19.1 Å². The molecular formula is C29H30O6. The minimum atomic E-state index is -0.852. The highest BCUT2D eigenvalue weighted by molar-refractivity contribution is 5.78. The molecule has 1 aliphatic heterocycles. The summed E-state index contributed by atoms with van der Waals surface area (Å²) in [5.41, 5.74) is 3.71. The summed E-state index contributed by atoms with van der Waals surface area (Å²) in [5.74, 6) is 0.468. The van der Waals surface area contributed by atoms with Gasteiger partial charge < -0.3 is 24.1 Å². The van der Waals surface area contributed by atoms with Crippen molar-refractivity contribution in [1.82, 2.24) is 0 Å². The van der Waals surface area contributed by atoms with Crippen LogP contribution in [0.4, 0.5) is 0 Å². The maximum absolute atomic E-state index is 12.9. The molecule has 0 bridgehead atoms. The van der Waals surface area contributed by atoms with Crippen LogP contribution < -0.4 is 18.9 Å². The second kappa shape index (κ2) is 9.90. The molecule has 0 fully saturated rings. The Kier molecular flexibility index (Phi) is 6.53. The number of hydrogen-bond acceptors (Lipinski definition) is 5. The van der Waals surface area contributed by atoms with Crippen LogP contribution in [-0.4, -0.2) is 31.1 Å². The predicted octanol–water partition coefficient (Wildman–Crippen LogP) is 5.97. The zero-order valence-electron chi connectivity index (χ0n) is 20.0. The minimum Gasteiger partial charge on any atom is -0.494 e. The summed E-state index contributed by atoms with van der Waals surface area (Å²) in [4.78, 5) is 12.9. The van der Waals surface area contributed by atoms with Gasteiger partial charge in [0.2, 0.25) is 6.79 Å². The first-order chi connectivity index (χ1) is 17.1. The van der Waals surface area contributed by atoms with E-state index in [4.69, 9.17) is 18.9 Å². The van der Waals surface area contributed by atoms with Gasteiger partial charge in [0.25, 0.3) is 0 Å². The standard InChI is InChI=1S/C29H30O6/c1-3-13-32-19-10-11-20-22(16-19)27(21-7-5-6-8-23(21)33-14-4-2)28(29(30)31)26(20)18-9-12-24-25(15-18)35-17-34-24/h5-12,15-16,26-28H,3-4,13-14,17H2,1-2H3,(H,30,31). The lowest BCUT2D eigenvalue weighted by Crippen LogP contribution is -2.24. The van der Waals surface area contributed by atoms with Crippen molar-refractivity contribution < 1.29 is 28.8 Å². The van der Waals surface area contributed by atoms with E-state index < -0.39 is 17.8 Å². The van der Waals surface area contributed by atoms with Gasteiger partial charge in [-0.2, -0.15) is 0 Å². The Morgan fingerprint density at radius 3 is 2.43 bits per heavy atom. The normalized spacial score (nSPS) is 19.9. The Balaban J connectivity index is 1.67. The van der Waals surface area contributed by atoms with Crippen molar-refractivity contribution in [3.8, 4) is 23.0 Å². The van der Waals surface area contributed by atoms with Crippen LogP contribution in [0.1, 0.15) is 60.8 Å². The second-order valence-corrected chi connectivity index (χ2v) is 8.96. The van der Waals surface area contributed by atoms with E-state index in [0.717, 1.165) is 46.6 Å². The molecule has 0 aromatic heterocycles. The first kappa shape index (κ1) is 23.1. The molecule has 2 aliphatic rings. The smallest absolute Gasteiger partial charge is 0.308 e. The van der Waals surface area contributed by atoms with Crippen molar-refractivity contribution in [1.29, 1.82) is 0 Å². The van der Waals surface area contributed by atoms with Gasteiger partial charge in [-0.05, 0) is 59.9 Å². The van der Waals surface area contributed by atoms with Gasteiger partial charge in [0.1, 0.15) is 11.5 Å². The van der Waals surface area contributed by atoms with Crippen molar-refractivity contribution >= 4 is 5.97 Å². The van der Waals surface area contributed by atoms with Crippen LogP contribution in [0.25, 0.3) is 0 Å². The van der Waals surface area contributed by atoms with Crippen LogP contribution in [0.5, 0.6) is 23.0 Å². The van der Waals surface area contributed by atoms with E-state index in [1.54, 1.807) is 0 Å². The quantitative estimate of drug-likeness (QED) is 0.412. The summed E-state index contributed by atoms with van der Waals surface area (Å²) in [7, 11) is 0. The fourth-order valence-electron chi connectivity index (χ4n) is 5.21. The van der Waals surface area contributed by atoms with E-state index in [0.29, 0.717) is 24.7 Å². The Hall–Kier alpha value is -3.67. The Bertz CT molecular complexity index is 1220. The third-order valence-corrected chi connectivity index (χ3v) is 6.68. The molecule has 0 saturated heterocycles. The van der Waals surface area contributed by atoms with Gasteiger partial charge in [0.15, 0.2) is 11.5 Å². The van der Waals surface area contributed by atoms with E-state index in [1.165, 1.54) is 0 Å². The third-order valence-electron chi connectivity index (χ3n) is 6.68. The summed E-state index contributed by atoms with van der Waals surface area (Å²) in [6.45, 7) is 5.46. The summed E-state index contributed by atoms with van der Waals surface area (Å²) >= 11 is 0. The van der Waals surface area contributed by atoms with Crippen LogP contribution in [0.2, 0.25) is 0 Å². The number of fused-ring (bicyclic) bond motifs is 2. The Morgan fingerprint density at radius 1 is 0.857 bits per heavy atom. The molecule has 3 unspecified atom stereocenters. The van der Waals surface area contributed by atoms with Crippen LogP contribution in [0.3, 0.4) is 0 Å². The average Bonchev–Trinajstić information content (AvgIpc) is 3.48. The van der Waals surface area contributed by atoms with Gasteiger partial charge >= 0.3 is 5.97 Å². The van der Waals surface area contributed by atoms with E-state index >= 15 is 0 Å². The number of aliphatic carboxylic acids is 1. The van der Waals surface area contributed by atoms with E-state index in [1.807, 2.05) is 60.7 Å². The number of benzene rings is 3. The van der Waals surface area contributed by atoms with Gasteiger partial charge in [-0.3, -0.25) is 4.79 Å². The van der Waals surface area contributed by atoms with Gasteiger partial charge in [-0.1, -0.05) is 44.2 Å². The fraction of sp³-hybridized carbons (Fsp3) is 0.345. The van der Waals surface area contributed by atoms with Crippen molar-refractivity contribution in [3.05, 3.63) is 82.9 Å². The predicted molar refractivity (Wildman–Crippen MR) is 132 cm³/mol. The Morgan fingerprint density at radius 2 is 1.63 bits per heavy atom. The van der Waals surface area contributed by atoms with Gasteiger partial charge in [-0.15, -0.1) is 0 Å². The summed E-state index contributed by atoms with van der Waals surface area (Å²) in [5, 5.41) is 10.6. The maximum Gasteiger partial charge on any atom is 0.308 e. The minimum absolute atomic E-state index is 0.172. The van der Waals surface area contributed by atoms with Crippen molar-refractivity contribution in [3.63, 3.8) is 0 Å². The van der Waals surface area contributed by atoms with Crippen molar-refractivity contribution in [2.45, 2.75) is 38.5 Å². The molecule has 0 spiro atoms. The number of carbonyl (C=O) groups is 1. The molecule has 0 radical (unpaired) electrons. The molecule has 1 heterocycles. The molecule has 5 rings (SSSR count). The zero-order chi connectivity index (χ0) is 24.4. The fourth-order valence-corrected chi connectivity index (χ4v) is 5.21. The maximum atomic E-state index is 12.9. The van der Waals surface area contributed by atoms with Crippen molar-refractivity contribution in [2.24, 2.45) is 5.92 Å². The monoisotopic (exact) mass is 474 g/mol. The molecule has 3 aromatic carbocycles. The van der Waals surface area contributed by atoms with E-state index in [2.05, 4.69) is 13.8 Å². The van der Waals surface area contributed by atoms with Crippen LogP contribution >= 0.6 is 0 Å². The molecule has 35 heavy (non-hydrogen) atoms. The number of ether oxygens (including phenoxy) is 4. The topological polar surface area (TPSA) is 74.2 Å². The summed E-state index contributed by atoms with van der Waals surface area (Å²) in [6, 6.07) is 19.5. The lowest BCUT2D eigenvalue weighted by molar-refractivity contribution is -0.142. The highest BCUT2D eigenvalue weighted by Gasteiger charge is 2.47. The lowest BCUT2D eigenvalue weighted by atomic mass is 9.79. The highest BCUT2D eigenvalue weighted by atomic mass is 16.7. The summed E-state index contributed by atoms with van der Waals surface area (Å²) < 4.78 is 23.1. The first-order valence-corrected chi connectivity index (χ1v) is 12.2.